The Labute approximate surface area is 142 Å². The summed E-state index contributed by atoms with van der Waals surface area (Å²) in [5.41, 5.74) is 7.06. The third kappa shape index (κ3) is 3.98. The van der Waals surface area contributed by atoms with Gasteiger partial charge in [0.2, 0.25) is 5.91 Å². The molecule has 3 rings (SSSR count). The van der Waals surface area contributed by atoms with Gasteiger partial charge in [-0.2, -0.15) is 0 Å². The highest BCUT2D eigenvalue weighted by Crippen LogP contribution is 2.32. The second-order valence-electron chi connectivity index (χ2n) is 5.27. The maximum atomic E-state index is 12.1. The van der Waals surface area contributed by atoms with E-state index < -0.39 is 0 Å². The van der Waals surface area contributed by atoms with Gasteiger partial charge < -0.3 is 15.8 Å². The summed E-state index contributed by atoms with van der Waals surface area (Å²) in [6.07, 6.45) is 7.16. The van der Waals surface area contributed by atoms with Crippen molar-refractivity contribution in [2.24, 2.45) is 11.7 Å². The van der Waals surface area contributed by atoms with Gasteiger partial charge in [0.05, 0.1) is 18.1 Å². The van der Waals surface area contributed by atoms with Gasteiger partial charge in [-0.3, -0.25) is 9.78 Å². The summed E-state index contributed by atoms with van der Waals surface area (Å²) in [6.45, 7) is 0.639. The fourth-order valence-electron chi connectivity index (χ4n) is 2.81. The number of hydrogen-bond acceptors (Lipinski definition) is 4. The number of ether oxygens (including phenoxy) is 1. The second kappa shape index (κ2) is 8.48. The minimum absolute atomic E-state index is 0. The van der Waals surface area contributed by atoms with E-state index in [1.165, 1.54) is 0 Å². The van der Waals surface area contributed by atoms with E-state index in [0.717, 1.165) is 18.5 Å². The number of rotatable bonds is 5. The highest BCUT2D eigenvalue weighted by Gasteiger charge is 2.47. The van der Waals surface area contributed by atoms with Crippen molar-refractivity contribution in [3.05, 3.63) is 42.2 Å². The summed E-state index contributed by atoms with van der Waals surface area (Å²) >= 11 is 0. The van der Waals surface area contributed by atoms with Gasteiger partial charge in [-0.15, -0.1) is 24.8 Å². The van der Waals surface area contributed by atoms with Gasteiger partial charge in [-0.25, -0.2) is 0 Å². The third-order valence-electron chi connectivity index (χ3n) is 3.89. The van der Waals surface area contributed by atoms with Crippen LogP contribution in [0.3, 0.4) is 0 Å². The molecule has 7 heteroatoms. The van der Waals surface area contributed by atoms with Crippen LogP contribution in [-0.2, 0) is 16.0 Å². The minimum atomic E-state index is -0.250. The quantitative estimate of drug-likeness (QED) is 0.622. The lowest BCUT2D eigenvalue weighted by atomic mass is 9.89. The van der Waals surface area contributed by atoms with Gasteiger partial charge in [0, 0.05) is 24.5 Å². The molecule has 0 spiro atoms. The first-order chi connectivity index (χ1) is 9.75. The molecule has 2 bridgehead atoms. The average molecular weight is 346 g/mol. The van der Waals surface area contributed by atoms with Crippen LogP contribution >= 0.6 is 24.8 Å². The van der Waals surface area contributed by atoms with Crippen LogP contribution in [0.4, 0.5) is 0 Å². The number of aromatic nitrogens is 1. The molecule has 3 heterocycles. The number of fused-ring (bicyclic) bond motifs is 2. The van der Waals surface area contributed by atoms with E-state index in [-0.39, 0.29) is 54.9 Å². The Hall–Kier alpha value is -1.14. The number of halogens is 2. The van der Waals surface area contributed by atoms with Crippen LogP contribution < -0.4 is 11.1 Å². The Morgan fingerprint density at radius 1 is 1.27 bits per heavy atom. The minimum Gasteiger partial charge on any atom is -0.364 e. The molecule has 2 aliphatic heterocycles. The topological polar surface area (TPSA) is 77.2 Å². The molecule has 0 saturated carbocycles. The molecule has 1 aromatic rings. The van der Waals surface area contributed by atoms with Crippen molar-refractivity contribution in [1.29, 1.82) is 0 Å². The highest BCUT2D eigenvalue weighted by molar-refractivity contribution is 5.85. The summed E-state index contributed by atoms with van der Waals surface area (Å²) < 4.78 is 5.59. The summed E-state index contributed by atoms with van der Waals surface area (Å²) in [5.74, 6) is -0.254. The lowest BCUT2D eigenvalue weighted by Crippen LogP contribution is -2.46. The largest absolute Gasteiger partial charge is 0.364 e. The monoisotopic (exact) mass is 345 g/mol. The molecule has 4 atom stereocenters. The van der Waals surface area contributed by atoms with Gasteiger partial charge >= 0.3 is 0 Å². The standard InChI is InChI=1S/C15H19N3O2.2ClH/c16-14-12-7-6-11(20-12)13(14)15(19)18-9-3-5-10-4-1-2-8-17-10;;/h1-2,4,6-8,11-14H,3,5,9,16H2,(H,18,19);2*1H/t11-,12+,13-,14+;;/m1../s1. The first-order valence-electron chi connectivity index (χ1n) is 7.03. The van der Waals surface area contributed by atoms with Crippen molar-refractivity contribution in [3.8, 4) is 0 Å². The summed E-state index contributed by atoms with van der Waals surface area (Å²) in [6, 6.07) is 5.64. The first kappa shape index (κ1) is 18.9. The average Bonchev–Trinajstić information content (AvgIpc) is 3.05. The molecule has 1 fully saturated rings. The number of pyridine rings is 1. The third-order valence-corrected chi connectivity index (χ3v) is 3.89. The Kier molecular flexibility index (Phi) is 7.29. The number of aryl methyl sites for hydroxylation is 1. The van der Waals surface area contributed by atoms with Crippen LogP contribution in [0.25, 0.3) is 0 Å². The van der Waals surface area contributed by atoms with Crippen molar-refractivity contribution in [2.45, 2.75) is 31.1 Å². The lowest BCUT2D eigenvalue weighted by Gasteiger charge is -2.20. The number of amides is 1. The number of hydrogen-bond donors (Lipinski definition) is 2. The van der Waals surface area contributed by atoms with Crippen LogP contribution in [-0.4, -0.2) is 35.7 Å². The van der Waals surface area contributed by atoms with E-state index in [2.05, 4.69) is 10.3 Å². The number of nitrogens with zero attached hydrogens (tertiary/aromatic N) is 1. The molecule has 122 valence electrons. The number of carbonyl (C=O) groups is 1. The van der Waals surface area contributed by atoms with Crippen LogP contribution in [0, 0.1) is 5.92 Å². The van der Waals surface area contributed by atoms with E-state index >= 15 is 0 Å². The fraction of sp³-hybridized carbons (Fsp3) is 0.467. The smallest absolute Gasteiger partial charge is 0.227 e. The molecule has 22 heavy (non-hydrogen) atoms. The molecule has 1 amide bonds. The maximum Gasteiger partial charge on any atom is 0.227 e. The van der Waals surface area contributed by atoms with Gasteiger partial charge in [-0.1, -0.05) is 18.2 Å². The molecular formula is C15H21Cl2N3O2. The zero-order valence-corrected chi connectivity index (χ0v) is 13.7. The molecular weight excluding hydrogens is 325 g/mol. The van der Waals surface area contributed by atoms with Crippen molar-refractivity contribution < 1.29 is 9.53 Å². The number of carbonyl (C=O) groups excluding carboxylic acids is 1. The van der Waals surface area contributed by atoms with Crippen LogP contribution in [0.15, 0.2) is 36.5 Å². The van der Waals surface area contributed by atoms with E-state index in [9.17, 15) is 4.79 Å². The molecule has 0 radical (unpaired) electrons. The molecule has 2 aliphatic rings. The van der Waals surface area contributed by atoms with Crippen molar-refractivity contribution in [1.82, 2.24) is 10.3 Å². The number of nitrogens with one attached hydrogen (secondary N) is 1. The van der Waals surface area contributed by atoms with Gasteiger partial charge in [-0.05, 0) is 25.0 Å². The lowest BCUT2D eigenvalue weighted by molar-refractivity contribution is -0.126. The Balaban J connectivity index is 0.00000121. The SMILES string of the molecule is Cl.Cl.N[C@@H]1[C@H](C(=O)NCCCc2ccccn2)[C@H]2C=C[C@@H]1O2. The molecule has 5 nitrogen and oxygen atoms in total. The molecule has 0 unspecified atom stereocenters. The van der Waals surface area contributed by atoms with E-state index in [0.29, 0.717) is 6.54 Å². The van der Waals surface area contributed by atoms with Gasteiger partial charge in [0.15, 0.2) is 0 Å². The Morgan fingerprint density at radius 3 is 2.68 bits per heavy atom. The summed E-state index contributed by atoms with van der Waals surface area (Å²) in [4.78, 5) is 16.4. The zero-order valence-electron chi connectivity index (χ0n) is 12.1. The van der Waals surface area contributed by atoms with Crippen LogP contribution in [0.5, 0.6) is 0 Å². The zero-order chi connectivity index (χ0) is 13.9. The first-order valence-corrected chi connectivity index (χ1v) is 7.03. The second-order valence-corrected chi connectivity index (χ2v) is 5.27. The van der Waals surface area contributed by atoms with Gasteiger partial charge in [0.25, 0.3) is 0 Å². The molecule has 3 N–H and O–H groups in total. The summed E-state index contributed by atoms with van der Waals surface area (Å²) in [5, 5.41) is 2.95. The molecule has 0 aromatic carbocycles. The van der Waals surface area contributed by atoms with E-state index in [4.69, 9.17) is 10.5 Å². The maximum absolute atomic E-state index is 12.1. The molecule has 1 saturated heterocycles. The van der Waals surface area contributed by atoms with E-state index in [1.54, 1.807) is 6.20 Å². The normalized spacial score (nSPS) is 27.9. The van der Waals surface area contributed by atoms with Crippen molar-refractivity contribution in [3.63, 3.8) is 0 Å². The Morgan fingerprint density at radius 2 is 2.05 bits per heavy atom. The molecule has 1 aromatic heterocycles. The summed E-state index contributed by atoms with van der Waals surface area (Å²) in [7, 11) is 0. The van der Waals surface area contributed by atoms with Crippen molar-refractivity contribution >= 4 is 30.7 Å². The van der Waals surface area contributed by atoms with Crippen LogP contribution in [0.2, 0.25) is 0 Å². The fourth-order valence-corrected chi connectivity index (χ4v) is 2.81. The van der Waals surface area contributed by atoms with Crippen LogP contribution in [0.1, 0.15) is 12.1 Å². The predicted molar refractivity (Wildman–Crippen MR) is 89.3 cm³/mol. The van der Waals surface area contributed by atoms with E-state index in [1.807, 2.05) is 30.4 Å². The van der Waals surface area contributed by atoms with Crippen molar-refractivity contribution in [2.75, 3.05) is 6.54 Å². The highest BCUT2D eigenvalue weighted by atomic mass is 35.5. The molecule has 0 aliphatic carbocycles. The predicted octanol–water partition coefficient (Wildman–Crippen LogP) is 1.25. The number of nitrogens with two attached hydrogens (primary N) is 1. The van der Waals surface area contributed by atoms with Gasteiger partial charge in [0.1, 0.15) is 0 Å². The Bertz CT molecular complexity index is 513.